The van der Waals surface area contributed by atoms with Crippen LogP contribution >= 0.6 is 11.6 Å². The van der Waals surface area contributed by atoms with Crippen molar-refractivity contribution in [1.29, 1.82) is 0 Å². The van der Waals surface area contributed by atoms with E-state index in [1.165, 1.54) is 0 Å². The monoisotopic (exact) mass is 328 g/mol. The smallest absolute Gasteiger partial charge is 0.322 e. The lowest BCUT2D eigenvalue weighted by atomic mass is 10.2. The number of urea groups is 1. The number of ether oxygens (including phenoxy) is 2. The van der Waals surface area contributed by atoms with Crippen molar-refractivity contribution in [1.82, 2.24) is 4.90 Å². The van der Waals surface area contributed by atoms with E-state index in [-0.39, 0.29) is 18.7 Å². The molecule has 1 saturated heterocycles. The number of nitrogens with one attached hydrogen (secondary N) is 1. The van der Waals surface area contributed by atoms with Crippen LogP contribution in [0, 0.1) is 0 Å². The van der Waals surface area contributed by atoms with E-state index in [0.717, 1.165) is 12.8 Å². The van der Waals surface area contributed by atoms with Gasteiger partial charge in [0.2, 0.25) is 0 Å². The van der Waals surface area contributed by atoms with Crippen LogP contribution in [0.2, 0.25) is 5.02 Å². The molecule has 0 bridgehead atoms. The first-order valence-corrected chi connectivity index (χ1v) is 7.63. The number of nitrogens with zero attached hydrogens (tertiary/aromatic N) is 1. The summed E-state index contributed by atoms with van der Waals surface area (Å²) in [6.45, 7) is 1.53. The summed E-state index contributed by atoms with van der Waals surface area (Å²) in [5.41, 5.74) is 0.595. The Hall–Kier alpha value is -1.50. The summed E-state index contributed by atoms with van der Waals surface area (Å²) in [7, 11) is 1.60. The Morgan fingerprint density at radius 2 is 2.32 bits per heavy atom. The minimum absolute atomic E-state index is 0.0134. The van der Waals surface area contributed by atoms with Gasteiger partial charge in [-0.2, -0.15) is 0 Å². The molecule has 2 rings (SSSR count). The Kier molecular flexibility index (Phi) is 6.30. The fourth-order valence-electron chi connectivity index (χ4n) is 2.42. The van der Waals surface area contributed by atoms with E-state index in [4.69, 9.17) is 21.1 Å². The summed E-state index contributed by atoms with van der Waals surface area (Å²) in [5.74, 6) is 0.547. The van der Waals surface area contributed by atoms with Crippen molar-refractivity contribution >= 4 is 23.3 Å². The highest BCUT2D eigenvalue weighted by Gasteiger charge is 2.28. The molecular formula is C15H21ClN2O4. The second-order valence-corrected chi connectivity index (χ2v) is 5.50. The van der Waals surface area contributed by atoms with Gasteiger partial charge in [-0.3, -0.25) is 0 Å². The molecular weight excluding hydrogens is 308 g/mol. The van der Waals surface area contributed by atoms with E-state index >= 15 is 0 Å². The van der Waals surface area contributed by atoms with Gasteiger partial charge in [-0.15, -0.1) is 0 Å². The number of methoxy groups -OCH3 is 1. The third kappa shape index (κ3) is 4.25. The quantitative estimate of drug-likeness (QED) is 0.786. The molecule has 0 aliphatic carbocycles. The zero-order valence-corrected chi connectivity index (χ0v) is 13.3. The molecule has 1 aliphatic rings. The SMILES string of the molecule is COCCOc1ccc(NC(=O)N2CCC[C@H]2CO)cc1Cl. The van der Waals surface area contributed by atoms with Gasteiger partial charge in [0, 0.05) is 19.3 Å². The Morgan fingerprint density at radius 3 is 3.00 bits per heavy atom. The van der Waals surface area contributed by atoms with E-state index in [9.17, 15) is 9.90 Å². The number of aliphatic hydroxyl groups is 1. The third-order valence-electron chi connectivity index (χ3n) is 3.58. The van der Waals surface area contributed by atoms with Crippen LogP contribution in [0.3, 0.4) is 0 Å². The molecule has 7 heteroatoms. The lowest BCUT2D eigenvalue weighted by Crippen LogP contribution is -2.40. The highest BCUT2D eigenvalue weighted by molar-refractivity contribution is 6.32. The van der Waals surface area contributed by atoms with E-state index in [1.54, 1.807) is 30.2 Å². The number of likely N-dealkylation sites (tertiary alicyclic amines) is 1. The van der Waals surface area contributed by atoms with Crippen LogP contribution < -0.4 is 10.1 Å². The summed E-state index contributed by atoms with van der Waals surface area (Å²) in [4.78, 5) is 13.9. The van der Waals surface area contributed by atoms with Crippen LogP contribution in [-0.4, -0.2) is 55.6 Å². The van der Waals surface area contributed by atoms with E-state index in [1.807, 2.05) is 0 Å². The van der Waals surface area contributed by atoms with Crippen molar-refractivity contribution in [2.24, 2.45) is 0 Å². The molecule has 122 valence electrons. The van der Waals surface area contributed by atoms with Crippen molar-refractivity contribution in [2.75, 3.05) is 38.8 Å². The molecule has 1 fully saturated rings. The maximum absolute atomic E-state index is 12.2. The van der Waals surface area contributed by atoms with Crippen LogP contribution in [0.1, 0.15) is 12.8 Å². The number of aliphatic hydroxyl groups excluding tert-OH is 1. The number of amides is 2. The first-order valence-electron chi connectivity index (χ1n) is 7.25. The average molecular weight is 329 g/mol. The zero-order valence-electron chi connectivity index (χ0n) is 12.5. The topological polar surface area (TPSA) is 71.0 Å². The fraction of sp³-hybridized carbons (Fsp3) is 0.533. The lowest BCUT2D eigenvalue weighted by molar-refractivity contribution is 0.146. The molecule has 2 amide bonds. The van der Waals surface area contributed by atoms with Crippen molar-refractivity contribution in [2.45, 2.75) is 18.9 Å². The standard InChI is InChI=1S/C15H21ClN2O4/c1-21-7-8-22-14-5-4-11(9-13(14)16)17-15(20)18-6-2-3-12(18)10-19/h4-5,9,12,19H,2-3,6-8,10H2,1H3,(H,17,20)/t12-/m0/s1. The molecule has 6 nitrogen and oxygen atoms in total. The van der Waals surface area contributed by atoms with E-state index in [0.29, 0.717) is 36.2 Å². The Labute approximate surface area is 135 Å². The molecule has 1 aromatic rings. The van der Waals surface area contributed by atoms with Crippen LogP contribution in [0.4, 0.5) is 10.5 Å². The Morgan fingerprint density at radius 1 is 1.50 bits per heavy atom. The fourth-order valence-corrected chi connectivity index (χ4v) is 2.65. The maximum Gasteiger partial charge on any atom is 0.322 e. The number of hydrogen-bond donors (Lipinski definition) is 2. The van der Waals surface area contributed by atoms with Gasteiger partial charge in [-0.25, -0.2) is 4.79 Å². The Balaban J connectivity index is 1.95. The van der Waals surface area contributed by atoms with E-state index in [2.05, 4.69) is 5.32 Å². The molecule has 0 spiro atoms. The molecule has 1 aliphatic heterocycles. The summed E-state index contributed by atoms with van der Waals surface area (Å²) in [6.07, 6.45) is 1.74. The number of hydrogen-bond acceptors (Lipinski definition) is 4. The number of halogens is 1. The van der Waals surface area contributed by atoms with Crippen molar-refractivity contribution in [3.05, 3.63) is 23.2 Å². The van der Waals surface area contributed by atoms with Crippen molar-refractivity contribution in [3.8, 4) is 5.75 Å². The van der Waals surface area contributed by atoms with E-state index < -0.39 is 0 Å². The van der Waals surface area contributed by atoms with Gasteiger partial charge in [0.1, 0.15) is 12.4 Å². The summed E-state index contributed by atoms with van der Waals surface area (Å²) < 4.78 is 10.4. The first-order chi connectivity index (χ1) is 10.7. The molecule has 2 N–H and O–H groups in total. The second-order valence-electron chi connectivity index (χ2n) is 5.09. The number of carbonyl (C=O) groups is 1. The predicted molar refractivity (Wildman–Crippen MR) is 84.7 cm³/mol. The molecule has 1 heterocycles. The molecule has 0 aromatic heterocycles. The van der Waals surface area contributed by atoms with Gasteiger partial charge < -0.3 is 24.8 Å². The normalized spacial score (nSPS) is 17.6. The van der Waals surface area contributed by atoms with Gasteiger partial charge in [0.25, 0.3) is 0 Å². The van der Waals surface area contributed by atoms with Gasteiger partial charge >= 0.3 is 6.03 Å². The first kappa shape index (κ1) is 16.9. The maximum atomic E-state index is 12.2. The number of carbonyl (C=O) groups excluding carboxylic acids is 1. The third-order valence-corrected chi connectivity index (χ3v) is 3.87. The summed E-state index contributed by atoms with van der Waals surface area (Å²) in [6, 6.07) is 4.76. The van der Waals surface area contributed by atoms with Gasteiger partial charge in [-0.1, -0.05) is 11.6 Å². The van der Waals surface area contributed by atoms with Crippen LogP contribution in [0.15, 0.2) is 18.2 Å². The minimum Gasteiger partial charge on any atom is -0.490 e. The average Bonchev–Trinajstić information content (AvgIpc) is 2.98. The molecule has 0 saturated carbocycles. The largest absolute Gasteiger partial charge is 0.490 e. The summed E-state index contributed by atoms with van der Waals surface area (Å²) >= 11 is 6.14. The number of benzene rings is 1. The molecule has 1 aromatic carbocycles. The highest BCUT2D eigenvalue weighted by Crippen LogP contribution is 2.28. The zero-order chi connectivity index (χ0) is 15.9. The number of rotatable bonds is 6. The minimum atomic E-state index is -0.222. The second kappa shape index (κ2) is 8.22. The van der Waals surface area contributed by atoms with Gasteiger partial charge in [0.05, 0.1) is 24.3 Å². The van der Waals surface area contributed by atoms with Crippen molar-refractivity contribution < 1.29 is 19.4 Å². The lowest BCUT2D eigenvalue weighted by Gasteiger charge is -2.23. The van der Waals surface area contributed by atoms with Gasteiger partial charge in [0.15, 0.2) is 0 Å². The predicted octanol–water partition coefficient (Wildman–Crippen LogP) is 2.35. The van der Waals surface area contributed by atoms with Crippen LogP contribution in [0.5, 0.6) is 5.75 Å². The molecule has 0 unspecified atom stereocenters. The van der Waals surface area contributed by atoms with Crippen molar-refractivity contribution in [3.63, 3.8) is 0 Å². The highest BCUT2D eigenvalue weighted by atomic mass is 35.5. The van der Waals surface area contributed by atoms with Crippen LogP contribution in [-0.2, 0) is 4.74 Å². The molecule has 22 heavy (non-hydrogen) atoms. The Bertz CT molecular complexity index is 512. The van der Waals surface area contributed by atoms with Crippen LogP contribution in [0.25, 0.3) is 0 Å². The van der Waals surface area contributed by atoms with Gasteiger partial charge in [-0.05, 0) is 31.0 Å². The number of anilines is 1. The molecule has 1 atom stereocenters. The summed E-state index contributed by atoms with van der Waals surface area (Å²) in [5, 5.41) is 12.5. The molecule has 0 radical (unpaired) electrons.